The third-order valence-corrected chi connectivity index (χ3v) is 4.10. The van der Waals surface area contributed by atoms with Gasteiger partial charge in [-0.1, -0.05) is 18.2 Å². The molecule has 90 valence electrons. The van der Waals surface area contributed by atoms with Gasteiger partial charge in [-0.2, -0.15) is 0 Å². The van der Waals surface area contributed by atoms with E-state index in [-0.39, 0.29) is 6.04 Å². The molecule has 3 aromatic rings. The molecule has 2 nitrogen and oxygen atoms in total. The van der Waals surface area contributed by atoms with Crippen LogP contribution in [0.25, 0.3) is 10.1 Å². The Morgan fingerprint density at radius 3 is 2.94 bits per heavy atom. The van der Waals surface area contributed by atoms with E-state index < -0.39 is 0 Å². The lowest BCUT2D eigenvalue weighted by Gasteiger charge is -2.13. The van der Waals surface area contributed by atoms with Crippen molar-refractivity contribution in [3.63, 3.8) is 0 Å². The van der Waals surface area contributed by atoms with Gasteiger partial charge in [0.25, 0.3) is 0 Å². The van der Waals surface area contributed by atoms with Gasteiger partial charge in [-0.15, -0.1) is 11.3 Å². The van der Waals surface area contributed by atoms with Gasteiger partial charge in [-0.3, -0.25) is 4.98 Å². The number of rotatable bonds is 2. The number of aromatic nitrogens is 1. The van der Waals surface area contributed by atoms with Crippen LogP contribution in [-0.4, -0.2) is 4.98 Å². The van der Waals surface area contributed by atoms with E-state index in [2.05, 4.69) is 40.7 Å². The Bertz CT molecular complexity index is 688. The fraction of sp³-hybridized carbons (Fsp3) is 0.133. The third-order valence-electron chi connectivity index (χ3n) is 3.12. The van der Waals surface area contributed by atoms with Crippen molar-refractivity contribution in [3.8, 4) is 0 Å². The van der Waals surface area contributed by atoms with Gasteiger partial charge in [0.05, 0.1) is 6.04 Å². The number of hydrogen-bond acceptors (Lipinski definition) is 3. The maximum atomic E-state index is 6.39. The SMILES string of the molecule is Cc1cc(C(N)c2cccc3ccsc23)ccn1. The molecule has 0 saturated heterocycles. The quantitative estimate of drug-likeness (QED) is 0.758. The summed E-state index contributed by atoms with van der Waals surface area (Å²) in [5.41, 5.74) is 9.69. The average molecular weight is 254 g/mol. The number of nitrogens with zero attached hydrogens (tertiary/aromatic N) is 1. The van der Waals surface area contributed by atoms with E-state index in [1.165, 1.54) is 15.6 Å². The molecule has 0 bridgehead atoms. The number of pyridine rings is 1. The molecule has 0 amide bonds. The van der Waals surface area contributed by atoms with Crippen LogP contribution in [0.1, 0.15) is 22.9 Å². The first kappa shape index (κ1) is 11.4. The van der Waals surface area contributed by atoms with Crippen molar-refractivity contribution < 1.29 is 0 Å². The van der Waals surface area contributed by atoms with Crippen molar-refractivity contribution in [2.24, 2.45) is 5.73 Å². The first-order valence-corrected chi connectivity index (χ1v) is 6.78. The molecule has 3 heteroatoms. The van der Waals surface area contributed by atoms with Crippen LogP contribution in [0.3, 0.4) is 0 Å². The van der Waals surface area contributed by atoms with Crippen molar-refractivity contribution in [2.45, 2.75) is 13.0 Å². The summed E-state index contributed by atoms with van der Waals surface area (Å²) < 4.78 is 1.28. The van der Waals surface area contributed by atoms with Gasteiger partial charge >= 0.3 is 0 Å². The number of fused-ring (bicyclic) bond motifs is 1. The number of thiophene rings is 1. The fourth-order valence-electron chi connectivity index (χ4n) is 2.20. The van der Waals surface area contributed by atoms with Gasteiger partial charge in [0, 0.05) is 16.6 Å². The van der Waals surface area contributed by atoms with Crippen LogP contribution in [0.4, 0.5) is 0 Å². The smallest absolute Gasteiger partial charge is 0.0567 e. The Morgan fingerprint density at radius 1 is 1.22 bits per heavy atom. The summed E-state index contributed by atoms with van der Waals surface area (Å²) in [7, 11) is 0. The molecule has 1 atom stereocenters. The number of benzene rings is 1. The number of hydrogen-bond donors (Lipinski definition) is 1. The van der Waals surface area contributed by atoms with Gasteiger partial charge in [0.2, 0.25) is 0 Å². The van der Waals surface area contributed by atoms with Crippen LogP contribution in [0.15, 0.2) is 48.0 Å². The van der Waals surface area contributed by atoms with Crippen molar-refractivity contribution in [1.82, 2.24) is 4.98 Å². The Labute approximate surface area is 110 Å². The molecule has 18 heavy (non-hydrogen) atoms. The number of nitrogens with two attached hydrogens (primary N) is 1. The third kappa shape index (κ3) is 1.92. The zero-order chi connectivity index (χ0) is 12.5. The van der Waals surface area contributed by atoms with Gasteiger partial charge in [-0.05, 0) is 47.0 Å². The van der Waals surface area contributed by atoms with E-state index in [1.807, 2.05) is 19.2 Å². The van der Waals surface area contributed by atoms with Crippen LogP contribution in [-0.2, 0) is 0 Å². The highest BCUT2D eigenvalue weighted by Gasteiger charge is 2.13. The van der Waals surface area contributed by atoms with E-state index in [9.17, 15) is 0 Å². The van der Waals surface area contributed by atoms with Crippen molar-refractivity contribution >= 4 is 21.4 Å². The van der Waals surface area contributed by atoms with E-state index in [0.717, 1.165) is 11.3 Å². The molecule has 0 aliphatic heterocycles. The highest BCUT2D eigenvalue weighted by Crippen LogP contribution is 2.30. The monoisotopic (exact) mass is 254 g/mol. The minimum atomic E-state index is -0.0888. The molecule has 0 aliphatic carbocycles. The molecule has 0 aliphatic rings. The van der Waals surface area contributed by atoms with Crippen molar-refractivity contribution in [3.05, 3.63) is 64.8 Å². The Kier molecular flexibility index (Phi) is 2.86. The number of aryl methyl sites for hydroxylation is 1. The van der Waals surface area contributed by atoms with Crippen molar-refractivity contribution in [2.75, 3.05) is 0 Å². The highest BCUT2D eigenvalue weighted by molar-refractivity contribution is 7.17. The summed E-state index contributed by atoms with van der Waals surface area (Å²) in [5.74, 6) is 0. The molecule has 1 unspecified atom stereocenters. The van der Waals surface area contributed by atoms with Crippen LogP contribution in [0, 0.1) is 6.92 Å². The second kappa shape index (κ2) is 4.52. The topological polar surface area (TPSA) is 38.9 Å². The summed E-state index contributed by atoms with van der Waals surface area (Å²) in [6, 6.07) is 12.4. The standard InChI is InChI=1S/C15H14N2S/c1-10-9-12(5-7-17-10)14(16)13-4-2-3-11-6-8-18-15(11)13/h2-9,14H,16H2,1H3. The maximum absolute atomic E-state index is 6.39. The molecular formula is C15H14N2S. The van der Waals surface area contributed by atoms with Gasteiger partial charge < -0.3 is 5.73 Å². The van der Waals surface area contributed by atoms with E-state index in [1.54, 1.807) is 11.3 Å². The zero-order valence-electron chi connectivity index (χ0n) is 10.1. The summed E-state index contributed by atoms with van der Waals surface area (Å²) in [5, 5.41) is 3.37. The first-order valence-electron chi connectivity index (χ1n) is 5.90. The Morgan fingerprint density at radius 2 is 2.11 bits per heavy atom. The normalized spacial score (nSPS) is 12.8. The lowest BCUT2D eigenvalue weighted by molar-refractivity contribution is 0.874. The van der Waals surface area contributed by atoms with Crippen molar-refractivity contribution in [1.29, 1.82) is 0 Å². The van der Waals surface area contributed by atoms with E-state index in [4.69, 9.17) is 5.73 Å². The van der Waals surface area contributed by atoms with Gasteiger partial charge in [-0.25, -0.2) is 0 Å². The summed E-state index contributed by atoms with van der Waals surface area (Å²) in [6.07, 6.45) is 1.82. The maximum Gasteiger partial charge on any atom is 0.0567 e. The molecule has 0 spiro atoms. The zero-order valence-corrected chi connectivity index (χ0v) is 10.9. The summed E-state index contributed by atoms with van der Waals surface area (Å²) in [6.45, 7) is 1.99. The van der Waals surface area contributed by atoms with Crippen LogP contribution in [0.5, 0.6) is 0 Å². The Balaban J connectivity index is 2.12. The van der Waals surface area contributed by atoms with Gasteiger partial charge in [0.1, 0.15) is 0 Å². The molecule has 2 aromatic heterocycles. The fourth-order valence-corrected chi connectivity index (χ4v) is 3.16. The second-order valence-electron chi connectivity index (χ2n) is 4.39. The van der Waals surface area contributed by atoms with Crippen LogP contribution >= 0.6 is 11.3 Å². The molecule has 0 radical (unpaired) electrons. The minimum absolute atomic E-state index is 0.0888. The molecule has 2 heterocycles. The largest absolute Gasteiger partial charge is 0.320 e. The second-order valence-corrected chi connectivity index (χ2v) is 5.31. The molecule has 3 rings (SSSR count). The average Bonchev–Trinajstić information content (AvgIpc) is 2.86. The van der Waals surface area contributed by atoms with Crippen LogP contribution < -0.4 is 5.73 Å². The molecule has 0 saturated carbocycles. The highest BCUT2D eigenvalue weighted by atomic mass is 32.1. The summed E-state index contributed by atoms with van der Waals surface area (Å²) >= 11 is 1.75. The Hall–Kier alpha value is -1.71. The van der Waals surface area contributed by atoms with E-state index in [0.29, 0.717) is 0 Å². The molecular weight excluding hydrogens is 240 g/mol. The minimum Gasteiger partial charge on any atom is -0.320 e. The van der Waals surface area contributed by atoms with Crippen LogP contribution in [0.2, 0.25) is 0 Å². The molecule has 1 aromatic carbocycles. The lowest BCUT2D eigenvalue weighted by Crippen LogP contribution is -2.12. The van der Waals surface area contributed by atoms with E-state index >= 15 is 0 Å². The molecule has 0 fully saturated rings. The molecule has 2 N–H and O–H groups in total. The predicted octanol–water partition coefficient (Wildman–Crippen LogP) is 3.65. The first-order chi connectivity index (χ1) is 8.75. The summed E-state index contributed by atoms with van der Waals surface area (Å²) in [4.78, 5) is 4.22. The predicted molar refractivity (Wildman–Crippen MR) is 76.8 cm³/mol. The lowest BCUT2D eigenvalue weighted by atomic mass is 9.99. The van der Waals surface area contributed by atoms with Gasteiger partial charge in [0.15, 0.2) is 0 Å².